The number of nitrogens with one attached hydrogen (secondary N) is 3. The van der Waals surface area contributed by atoms with E-state index in [1.807, 2.05) is 27.7 Å². The minimum absolute atomic E-state index is 0.0606. The molecule has 0 aliphatic carbocycles. The van der Waals surface area contributed by atoms with Crippen LogP contribution in [0.5, 0.6) is 0 Å². The molecule has 4 unspecified atom stereocenters. The molecule has 0 aliphatic heterocycles. The number of rotatable bonds is 19. The van der Waals surface area contributed by atoms with Gasteiger partial charge in [-0.2, -0.15) is 0 Å². The molecule has 0 radical (unpaired) electrons. The maximum absolute atomic E-state index is 13.2. The highest BCUT2D eigenvalue weighted by molar-refractivity contribution is 5.94. The fraction of sp³-hybridized carbons (Fsp3) is 0.792. The molecule has 0 aromatic rings. The summed E-state index contributed by atoms with van der Waals surface area (Å²) < 4.78 is 0. The van der Waals surface area contributed by atoms with Crippen LogP contribution in [0.3, 0.4) is 0 Å². The molecule has 0 heterocycles. The number of aliphatic carboxylic acids is 1. The molecule has 0 saturated carbocycles. The summed E-state index contributed by atoms with van der Waals surface area (Å²) in [4.78, 5) is 54.4. The Morgan fingerprint density at radius 1 is 0.757 bits per heavy atom. The van der Waals surface area contributed by atoms with Crippen molar-refractivity contribution < 1.29 is 24.3 Å². The number of hydrogen-bond donors (Lipinski definition) is 8. The van der Waals surface area contributed by atoms with Crippen molar-refractivity contribution in [3.05, 3.63) is 0 Å². The van der Waals surface area contributed by atoms with Crippen molar-refractivity contribution in [2.45, 2.75) is 96.8 Å². The summed E-state index contributed by atoms with van der Waals surface area (Å²) in [7, 11) is 0. The van der Waals surface area contributed by atoms with Crippen molar-refractivity contribution in [3.63, 3.8) is 0 Å². The zero-order chi connectivity index (χ0) is 28.5. The van der Waals surface area contributed by atoms with Crippen LogP contribution in [0.2, 0.25) is 0 Å². The second-order valence-corrected chi connectivity index (χ2v) is 10.1. The Labute approximate surface area is 219 Å². The zero-order valence-corrected chi connectivity index (χ0v) is 22.7. The van der Waals surface area contributed by atoms with E-state index < -0.39 is 47.9 Å². The van der Waals surface area contributed by atoms with E-state index in [1.165, 1.54) is 0 Å². The number of carboxylic acids is 1. The summed E-state index contributed by atoms with van der Waals surface area (Å²) in [6, 6.07) is -3.88. The first-order valence-electron chi connectivity index (χ1n) is 12.9. The molecule has 3 amide bonds. The van der Waals surface area contributed by atoms with Crippen molar-refractivity contribution in [2.75, 3.05) is 13.1 Å². The van der Waals surface area contributed by atoms with Gasteiger partial charge in [-0.25, -0.2) is 4.79 Å². The largest absolute Gasteiger partial charge is 0.480 e. The monoisotopic (exact) mass is 528 g/mol. The van der Waals surface area contributed by atoms with E-state index in [2.05, 4.69) is 20.9 Å². The van der Waals surface area contributed by atoms with Crippen molar-refractivity contribution in [3.8, 4) is 0 Å². The number of aliphatic imine (C=N–C) groups is 1. The Hall–Kier alpha value is -2.93. The maximum atomic E-state index is 13.2. The molecule has 0 spiro atoms. The fourth-order valence-corrected chi connectivity index (χ4v) is 3.66. The summed E-state index contributed by atoms with van der Waals surface area (Å²) in [6.45, 7) is 8.32. The van der Waals surface area contributed by atoms with Crippen molar-refractivity contribution in [2.24, 2.45) is 39.8 Å². The number of unbranched alkanes of at least 4 members (excludes halogenated alkanes) is 1. The molecular weight excluding hydrogens is 480 g/mol. The molecule has 13 nitrogen and oxygen atoms in total. The third-order valence-corrected chi connectivity index (χ3v) is 5.54. The zero-order valence-electron chi connectivity index (χ0n) is 22.7. The molecule has 37 heavy (non-hydrogen) atoms. The number of amides is 3. The smallest absolute Gasteiger partial charge is 0.326 e. The number of carboxylic acid groups (broad SMARTS) is 1. The van der Waals surface area contributed by atoms with E-state index in [0.717, 1.165) is 0 Å². The third-order valence-electron chi connectivity index (χ3n) is 5.54. The predicted molar refractivity (Wildman–Crippen MR) is 143 cm³/mol. The highest BCUT2D eigenvalue weighted by Gasteiger charge is 2.30. The van der Waals surface area contributed by atoms with Crippen molar-refractivity contribution in [1.29, 1.82) is 0 Å². The lowest BCUT2D eigenvalue weighted by atomic mass is 10.00. The minimum atomic E-state index is -1.18. The van der Waals surface area contributed by atoms with Crippen LogP contribution < -0.4 is 38.9 Å². The Balaban J connectivity index is 5.61. The van der Waals surface area contributed by atoms with E-state index in [9.17, 15) is 24.3 Å². The molecule has 0 saturated heterocycles. The van der Waals surface area contributed by atoms with Crippen LogP contribution in [-0.4, -0.2) is 72.0 Å². The summed E-state index contributed by atoms with van der Waals surface area (Å²) in [6.07, 6.45) is 2.62. The number of nitrogens with zero attached hydrogens (tertiary/aromatic N) is 1. The van der Waals surface area contributed by atoms with Crippen molar-refractivity contribution >= 4 is 29.7 Å². The molecule has 214 valence electrons. The summed E-state index contributed by atoms with van der Waals surface area (Å²) in [5.74, 6) is -2.68. The first-order valence-corrected chi connectivity index (χ1v) is 12.9. The minimum Gasteiger partial charge on any atom is -0.480 e. The second kappa shape index (κ2) is 18.3. The van der Waals surface area contributed by atoms with Crippen LogP contribution in [0.1, 0.15) is 72.6 Å². The topological polar surface area (TPSA) is 241 Å². The SMILES string of the molecule is CC(C)CC(N)C(=O)NC(CC(C)C)C(=O)NC(CCCN=C(N)N)C(=O)NC(CCCCN)C(=O)O. The van der Waals surface area contributed by atoms with E-state index >= 15 is 0 Å². The Kier molecular flexibility index (Phi) is 16.9. The van der Waals surface area contributed by atoms with Gasteiger partial charge in [-0.3, -0.25) is 19.4 Å². The van der Waals surface area contributed by atoms with Gasteiger partial charge >= 0.3 is 5.97 Å². The molecule has 12 N–H and O–H groups in total. The van der Waals surface area contributed by atoms with Crippen LogP contribution in [0.4, 0.5) is 0 Å². The number of guanidine groups is 1. The highest BCUT2D eigenvalue weighted by Crippen LogP contribution is 2.10. The molecule has 0 aromatic heterocycles. The van der Waals surface area contributed by atoms with Gasteiger partial charge < -0.3 is 44.0 Å². The Morgan fingerprint density at radius 2 is 1.27 bits per heavy atom. The molecule has 0 aliphatic rings. The van der Waals surface area contributed by atoms with Gasteiger partial charge in [0.15, 0.2) is 5.96 Å². The second-order valence-electron chi connectivity index (χ2n) is 10.1. The molecule has 0 rings (SSSR count). The number of hydrogen-bond acceptors (Lipinski definition) is 7. The van der Waals surface area contributed by atoms with Crippen LogP contribution in [0.15, 0.2) is 4.99 Å². The standard InChI is InChI=1S/C24H48N8O5/c1-14(2)12-16(26)20(33)32-19(13-15(3)4)22(35)30-17(9-7-11-29-24(27)28)21(34)31-18(23(36)37)8-5-6-10-25/h14-19H,5-13,25-26H2,1-4H3,(H,30,35)(H,31,34)(H,32,33)(H,36,37)(H4,27,28,29). The first kappa shape index (κ1) is 34.1. The van der Waals surface area contributed by atoms with Gasteiger partial charge in [-0.05, 0) is 63.3 Å². The normalized spacial score (nSPS) is 14.4. The molecule has 4 atom stereocenters. The molecule has 0 bridgehead atoms. The van der Waals surface area contributed by atoms with Crippen molar-refractivity contribution in [1.82, 2.24) is 16.0 Å². The number of nitrogens with two attached hydrogens (primary N) is 4. The molecule has 0 fully saturated rings. The Bertz CT molecular complexity index is 755. The molecule has 0 aromatic carbocycles. The average molecular weight is 529 g/mol. The summed E-state index contributed by atoms with van der Waals surface area (Å²) in [5.41, 5.74) is 22.2. The van der Waals surface area contributed by atoms with Crippen LogP contribution in [-0.2, 0) is 19.2 Å². The van der Waals surface area contributed by atoms with Crippen LogP contribution in [0, 0.1) is 11.8 Å². The van der Waals surface area contributed by atoms with Gasteiger partial charge in [-0.1, -0.05) is 27.7 Å². The summed E-state index contributed by atoms with van der Waals surface area (Å²) >= 11 is 0. The van der Waals surface area contributed by atoms with Crippen LogP contribution in [0.25, 0.3) is 0 Å². The lowest BCUT2D eigenvalue weighted by Crippen LogP contribution is -2.57. The third kappa shape index (κ3) is 15.7. The highest BCUT2D eigenvalue weighted by atomic mass is 16.4. The fourth-order valence-electron chi connectivity index (χ4n) is 3.66. The number of carbonyl (C=O) groups excluding carboxylic acids is 3. The van der Waals surface area contributed by atoms with Gasteiger partial charge in [0.2, 0.25) is 17.7 Å². The molecule has 13 heteroatoms. The maximum Gasteiger partial charge on any atom is 0.326 e. The lowest BCUT2D eigenvalue weighted by Gasteiger charge is -2.26. The van der Waals surface area contributed by atoms with E-state index in [4.69, 9.17) is 22.9 Å². The van der Waals surface area contributed by atoms with E-state index in [-0.39, 0.29) is 37.2 Å². The van der Waals surface area contributed by atoms with E-state index in [1.54, 1.807) is 0 Å². The van der Waals surface area contributed by atoms with Gasteiger partial charge in [0, 0.05) is 6.54 Å². The average Bonchev–Trinajstić information content (AvgIpc) is 2.78. The summed E-state index contributed by atoms with van der Waals surface area (Å²) in [5, 5.41) is 17.4. The molecular formula is C24H48N8O5. The van der Waals surface area contributed by atoms with E-state index in [0.29, 0.717) is 38.6 Å². The van der Waals surface area contributed by atoms with Gasteiger partial charge in [0.05, 0.1) is 6.04 Å². The van der Waals surface area contributed by atoms with Gasteiger partial charge in [-0.15, -0.1) is 0 Å². The van der Waals surface area contributed by atoms with Crippen LogP contribution >= 0.6 is 0 Å². The Morgan fingerprint density at radius 3 is 1.78 bits per heavy atom. The van der Waals surface area contributed by atoms with Gasteiger partial charge in [0.1, 0.15) is 18.1 Å². The first-order chi connectivity index (χ1) is 17.3. The predicted octanol–water partition coefficient (Wildman–Crippen LogP) is -0.872. The van der Waals surface area contributed by atoms with Gasteiger partial charge in [0.25, 0.3) is 0 Å². The number of carbonyl (C=O) groups is 4. The quantitative estimate of drug-likeness (QED) is 0.0589. The lowest BCUT2D eigenvalue weighted by molar-refractivity contribution is -0.142.